The standard InChI is InChI=1S/C22H29ClN4O4/c1-5-27(6-2)12-11-24-21(28)17-9-7-16(14-20(17)31-4)26-22(29)25-15-8-10-19(30-3)18(23)13-15/h7-10,13-14H,5-6,11-12H2,1-4H3,(H,24,28)(H2,25,26,29). The first kappa shape index (κ1) is 24.3. The number of carbonyl (C=O) groups excluding carboxylic acids is 2. The second-order valence-corrected chi connectivity index (χ2v) is 7.03. The molecule has 0 fully saturated rings. The number of hydrogen-bond acceptors (Lipinski definition) is 5. The van der Waals surface area contributed by atoms with Crippen LogP contribution in [0, 0.1) is 0 Å². The molecule has 3 amide bonds. The molecule has 2 aromatic carbocycles. The molecule has 0 aliphatic rings. The molecule has 0 radical (unpaired) electrons. The Balaban J connectivity index is 1.99. The maximum Gasteiger partial charge on any atom is 0.323 e. The van der Waals surface area contributed by atoms with Gasteiger partial charge >= 0.3 is 6.03 Å². The maximum absolute atomic E-state index is 12.5. The number of nitrogens with one attached hydrogen (secondary N) is 3. The van der Waals surface area contributed by atoms with E-state index in [4.69, 9.17) is 21.1 Å². The molecule has 0 aliphatic heterocycles. The molecule has 0 saturated carbocycles. The first-order chi connectivity index (χ1) is 14.9. The van der Waals surface area contributed by atoms with Gasteiger partial charge in [0.2, 0.25) is 0 Å². The van der Waals surface area contributed by atoms with E-state index >= 15 is 0 Å². The lowest BCUT2D eigenvalue weighted by atomic mass is 10.1. The van der Waals surface area contributed by atoms with E-state index in [-0.39, 0.29) is 5.91 Å². The molecule has 0 saturated heterocycles. The van der Waals surface area contributed by atoms with Crippen LogP contribution in [-0.4, -0.2) is 57.2 Å². The van der Waals surface area contributed by atoms with Gasteiger partial charge in [0, 0.05) is 30.5 Å². The third-order valence-corrected chi connectivity index (χ3v) is 5.02. The summed E-state index contributed by atoms with van der Waals surface area (Å²) in [7, 11) is 2.99. The van der Waals surface area contributed by atoms with Crippen molar-refractivity contribution in [3.05, 3.63) is 47.0 Å². The van der Waals surface area contributed by atoms with Crippen molar-refractivity contribution in [2.45, 2.75) is 13.8 Å². The Labute approximate surface area is 187 Å². The summed E-state index contributed by atoms with van der Waals surface area (Å²) in [5, 5.41) is 8.69. The Morgan fingerprint density at radius 1 is 0.935 bits per heavy atom. The summed E-state index contributed by atoms with van der Waals surface area (Å²) >= 11 is 6.08. The van der Waals surface area contributed by atoms with Crippen molar-refractivity contribution in [2.75, 3.05) is 51.0 Å². The smallest absolute Gasteiger partial charge is 0.323 e. The van der Waals surface area contributed by atoms with Crippen molar-refractivity contribution >= 4 is 34.9 Å². The van der Waals surface area contributed by atoms with Crippen molar-refractivity contribution in [3.8, 4) is 11.5 Å². The van der Waals surface area contributed by atoms with Crippen LogP contribution in [0.4, 0.5) is 16.2 Å². The normalized spacial score (nSPS) is 10.5. The van der Waals surface area contributed by atoms with Gasteiger partial charge in [0.05, 0.1) is 24.8 Å². The molecular weight excluding hydrogens is 420 g/mol. The van der Waals surface area contributed by atoms with Gasteiger partial charge in [0.25, 0.3) is 5.91 Å². The first-order valence-corrected chi connectivity index (χ1v) is 10.4. The van der Waals surface area contributed by atoms with Gasteiger partial charge in [-0.3, -0.25) is 4.79 Å². The molecule has 0 spiro atoms. The number of nitrogens with zero attached hydrogens (tertiary/aromatic N) is 1. The van der Waals surface area contributed by atoms with Crippen LogP contribution in [0.1, 0.15) is 24.2 Å². The average Bonchev–Trinajstić information content (AvgIpc) is 2.76. The summed E-state index contributed by atoms with van der Waals surface area (Å²) in [6, 6.07) is 9.32. The Kier molecular flexibility index (Phi) is 9.42. The number of carbonyl (C=O) groups is 2. The fourth-order valence-corrected chi connectivity index (χ4v) is 3.21. The van der Waals surface area contributed by atoms with Gasteiger partial charge in [-0.25, -0.2) is 4.79 Å². The summed E-state index contributed by atoms with van der Waals surface area (Å²) in [6.07, 6.45) is 0. The lowest BCUT2D eigenvalue weighted by Crippen LogP contribution is -2.34. The van der Waals surface area contributed by atoms with Gasteiger partial charge in [-0.05, 0) is 43.4 Å². The number of ether oxygens (including phenoxy) is 2. The zero-order valence-electron chi connectivity index (χ0n) is 18.3. The zero-order chi connectivity index (χ0) is 22.8. The highest BCUT2D eigenvalue weighted by Crippen LogP contribution is 2.27. The van der Waals surface area contributed by atoms with Crippen LogP contribution >= 0.6 is 11.6 Å². The van der Waals surface area contributed by atoms with Gasteiger partial charge in [-0.1, -0.05) is 25.4 Å². The zero-order valence-corrected chi connectivity index (χ0v) is 19.0. The molecule has 3 N–H and O–H groups in total. The molecular formula is C22H29ClN4O4. The molecule has 0 unspecified atom stereocenters. The fourth-order valence-electron chi connectivity index (χ4n) is 2.96. The van der Waals surface area contributed by atoms with Gasteiger partial charge < -0.3 is 30.3 Å². The molecule has 8 nitrogen and oxygen atoms in total. The highest BCUT2D eigenvalue weighted by atomic mass is 35.5. The molecule has 9 heteroatoms. The second kappa shape index (κ2) is 12.0. The monoisotopic (exact) mass is 448 g/mol. The van der Waals surface area contributed by atoms with E-state index < -0.39 is 6.03 Å². The lowest BCUT2D eigenvalue weighted by Gasteiger charge is -2.18. The minimum Gasteiger partial charge on any atom is -0.496 e. The third-order valence-electron chi connectivity index (χ3n) is 4.72. The molecule has 0 heterocycles. The van der Waals surface area contributed by atoms with E-state index in [2.05, 4.69) is 34.7 Å². The minimum atomic E-state index is -0.459. The lowest BCUT2D eigenvalue weighted by molar-refractivity contribution is 0.0946. The summed E-state index contributed by atoms with van der Waals surface area (Å²) in [6.45, 7) is 7.34. The van der Waals surface area contributed by atoms with Crippen molar-refractivity contribution < 1.29 is 19.1 Å². The predicted molar refractivity (Wildman–Crippen MR) is 124 cm³/mol. The van der Waals surface area contributed by atoms with Gasteiger partial charge in [0.1, 0.15) is 11.5 Å². The molecule has 0 aliphatic carbocycles. The van der Waals surface area contributed by atoms with E-state index in [1.165, 1.54) is 14.2 Å². The number of amides is 3. The molecule has 2 aromatic rings. The number of hydrogen-bond donors (Lipinski definition) is 3. The average molecular weight is 449 g/mol. The Morgan fingerprint density at radius 3 is 2.13 bits per heavy atom. The summed E-state index contributed by atoms with van der Waals surface area (Å²) in [4.78, 5) is 27.0. The van der Waals surface area contributed by atoms with E-state index in [0.717, 1.165) is 19.6 Å². The molecule has 2 rings (SSSR count). The van der Waals surface area contributed by atoms with Crippen LogP contribution in [0.25, 0.3) is 0 Å². The van der Waals surface area contributed by atoms with Crippen LogP contribution in [0.2, 0.25) is 5.02 Å². The largest absolute Gasteiger partial charge is 0.496 e. The number of halogens is 1. The Bertz CT molecular complexity index is 903. The SMILES string of the molecule is CCN(CC)CCNC(=O)c1ccc(NC(=O)Nc2ccc(OC)c(Cl)c2)cc1OC. The van der Waals surface area contributed by atoms with Crippen LogP contribution in [0.15, 0.2) is 36.4 Å². The van der Waals surface area contributed by atoms with Crippen LogP contribution < -0.4 is 25.4 Å². The molecule has 0 bridgehead atoms. The topological polar surface area (TPSA) is 91.9 Å². The number of benzene rings is 2. The number of urea groups is 1. The number of anilines is 2. The van der Waals surface area contributed by atoms with Crippen molar-refractivity contribution in [1.29, 1.82) is 0 Å². The van der Waals surface area contributed by atoms with Crippen molar-refractivity contribution in [3.63, 3.8) is 0 Å². The summed E-state index contributed by atoms with van der Waals surface area (Å²) in [5.41, 5.74) is 1.39. The predicted octanol–water partition coefficient (Wildman–Crippen LogP) is 4.07. The number of methoxy groups -OCH3 is 2. The highest BCUT2D eigenvalue weighted by molar-refractivity contribution is 6.32. The summed E-state index contributed by atoms with van der Waals surface area (Å²) < 4.78 is 10.4. The van der Waals surface area contributed by atoms with Crippen molar-refractivity contribution in [1.82, 2.24) is 10.2 Å². The molecule has 168 valence electrons. The van der Waals surface area contributed by atoms with Gasteiger partial charge in [0.15, 0.2) is 0 Å². The van der Waals surface area contributed by atoms with E-state index in [0.29, 0.717) is 40.0 Å². The molecule has 0 atom stereocenters. The summed E-state index contributed by atoms with van der Waals surface area (Å²) in [5.74, 6) is 0.654. The van der Waals surface area contributed by atoms with Gasteiger partial charge in [-0.15, -0.1) is 0 Å². The minimum absolute atomic E-state index is 0.229. The fraction of sp³-hybridized carbons (Fsp3) is 0.364. The molecule has 31 heavy (non-hydrogen) atoms. The molecule has 0 aromatic heterocycles. The number of likely N-dealkylation sites (N-methyl/N-ethyl adjacent to an activating group) is 1. The Morgan fingerprint density at radius 2 is 1.55 bits per heavy atom. The van der Waals surface area contributed by atoms with E-state index in [1.807, 2.05) is 0 Å². The van der Waals surface area contributed by atoms with Crippen LogP contribution in [0.5, 0.6) is 11.5 Å². The van der Waals surface area contributed by atoms with Gasteiger partial charge in [-0.2, -0.15) is 0 Å². The maximum atomic E-state index is 12.5. The van der Waals surface area contributed by atoms with Crippen LogP contribution in [0.3, 0.4) is 0 Å². The van der Waals surface area contributed by atoms with E-state index in [9.17, 15) is 9.59 Å². The third kappa shape index (κ3) is 7.04. The van der Waals surface area contributed by atoms with Crippen molar-refractivity contribution in [2.24, 2.45) is 0 Å². The number of rotatable bonds is 10. The van der Waals surface area contributed by atoms with E-state index in [1.54, 1.807) is 36.4 Å². The highest BCUT2D eigenvalue weighted by Gasteiger charge is 2.14. The first-order valence-electron chi connectivity index (χ1n) is 10.0. The quantitative estimate of drug-likeness (QED) is 0.509. The Hall–Kier alpha value is -2.97. The van der Waals surface area contributed by atoms with Crippen LogP contribution in [-0.2, 0) is 0 Å². The second-order valence-electron chi connectivity index (χ2n) is 6.63.